The standard InChI is InChI=1S/C11H16N2O2/c1-7(2)10(12)11-9(15-3)5-4-8(6-14)13-11/h4-7,10H,12H2,1-3H3/t10-/m0/s1. The predicted octanol–water partition coefficient (Wildman–Crippen LogP) is 1.56. The van der Waals surface area contributed by atoms with Crippen LogP contribution in [0.4, 0.5) is 0 Å². The average Bonchev–Trinajstić information content (AvgIpc) is 2.27. The molecule has 0 spiro atoms. The van der Waals surface area contributed by atoms with Gasteiger partial charge < -0.3 is 10.5 Å². The lowest BCUT2D eigenvalue weighted by Crippen LogP contribution is -2.19. The van der Waals surface area contributed by atoms with E-state index < -0.39 is 0 Å². The maximum Gasteiger partial charge on any atom is 0.168 e. The monoisotopic (exact) mass is 208 g/mol. The van der Waals surface area contributed by atoms with Crippen LogP contribution < -0.4 is 10.5 Å². The molecule has 82 valence electrons. The van der Waals surface area contributed by atoms with E-state index >= 15 is 0 Å². The van der Waals surface area contributed by atoms with Gasteiger partial charge in [0.2, 0.25) is 0 Å². The normalized spacial score (nSPS) is 12.6. The quantitative estimate of drug-likeness (QED) is 0.762. The van der Waals surface area contributed by atoms with E-state index in [9.17, 15) is 4.79 Å². The minimum absolute atomic E-state index is 0.222. The van der Waals surface area contributed by atoms with Crippen LogP contribution in [0.5, 0.6) is 5.75 Å². The summed E-state index contributed by atoms with van der Waals surface area (Å²) >= 11 is 0. The van der Waals surface area contributed by atoms with Gasteiger partial charge in [-0.2, -0.15) is 0 Å². The molecule has 0 unspecified atom stereocenters. The first-order chi connectivity index (χ1) is 7.10. The van der Waals surface area contributed by atoms with Crippen molar-refractivity contribution in [3.63, 3.8) is 0 Å². The summed E-state index contributed by atoms with van der Waals surface area (Å²) in [6, 6.07) is 3.11. The second kappa shape index (κ2) is 4.89. The molecule has 0 radical (unpaired) electrons. The summed E-state index contributed by atoms with van der Waals surface area (Å²) in [7, 11) is 1.56. The van der Waals surface area contributed by atoms with Gasteiger partial charge in [0.1, 0.15) is 17.1 Å². The summed E-state index contributed by atoms with van der Waals surface area (Å²) in [5.74, 6) is 0.870. The van der Waals surface area contributed by atoms with Crippen LogP contribution in [-0.2, 0) is 0 Å². The zero-order valence-electron chi connectivity index (χ0n) is 9.23. The predicted molar refractivity (Wildman–Crippen MR) is 57.9 cm³/mol. The topological polar surface area (TPSA) is 65.2 Å². The summed E-state index contributed by atoms with van der Waals surface area (Å²) in [6.07, 6.45) is 0.704. The maximum absolute atomic E-state index is 10.6. The highest BCUT2D eigenvalue weighted by Gasteiger charge is 2.17. The molecule has 1 atom stereocenters. The van der Waals surface area contributed by atoms with Crippen LogP contribution in [0.3, 0.4) is 0 Å². The number of hydrogen-bond donors (Lipinski definition) is 1. The van der Waals surface area contributed by atoms with Gasteiger partial charge in [0, 0.05) is 0 Å². The number of methoxy groups -OCH3 is 1. The van der Waals surface area contributed by atoms with Crippen molar-refractivity contribution in [3.8, 4) is 5.75 Å². The van der Waals surface area contributed by atoms with Crippen molar-refractivity contribution in [2.24, 2.45) is 11.7 Å². The average molecular weight is 208 g/mol. The Morgan fingerprint density at radius 1 is 1.47 bits per heavy atom. The van der Waals surface area contributed by atoms with Crippen molar-refractivity contribution >= 4 is 6.29 Å². The Kier molecular flexibility index (Phi) is 3.80. The van der Waals surface area contributed by atoms with Crippen LogP contribution in [-0.4, -0.2) is 18.4 Å². The van der Waals surface area contributed by atoms with E-state index in [1.807, 2.05) is 13.8 Å². The fourth-order valence-electron chi connectivity index (χ4n) is 1.27. The van der Waals surface area contributed by atoms with Gasteiger partial charge in [0.05, 0.1) is 13.2 Å². The Morgan fingerprint density at radius 2 is 2.13 bits per heavy atom. The number of nitrogens with zero attached hydrogens (tertiary/aromatic N) is 1. The van der Waals surface area contributed by atoms with Gasteiger partial charge in [-0.25, -0.2) is 4.98 Å². The fourth-order valence-corrected chi connectivity index (χ4v) is 1.27. The molecular formula is C11H16N2O2. The van der Waals surface area contributed by atoms with Crippen molar-refractivity contribution in [1.29, 1.82) is 0 Å². The van der Waals surface area contributed by atoms with Gasteiger partial charge in [-0.05, 0) is 18.1 Å². The number of carbonyl (C=O) groups is 1. The second-order valence-corrected chi connectivity index (χ2v) is 3.71. The molecule has 0 bridgehead atoms. The zero-order chi connectivity index (χ0) is 11.4. The maximum atomic E-state index is 10.6. The molecule has 0 saturated heterocycles. The number of rotatable bonds is 4. The van der Waals surface area contributed by atoms with Gasteiger partial charge >= 0.3 is 0 Å². The van der Waals surface area contributed by atoms with E-state index in [1.54, 1.807) is 19.2 Å². The number of pyridine rings is 1. The highest BCUT2D eigenvalue weighted by Crippen LogP contribution is 2.26. The lowest BCUT2D eigenvalue weighted by molar-refractivity contribution is 0.111. The lowest BCUT2D eigenvalue weighted by Gasteiger charge is -2.17. The Balaban J connectivity index is 3.16. The molecule has 0 aromatic carbocycles. The molecule has 1 aromatic rings. The Hall–Kier alpha value is -1.42. The molecular weight excluding hydrogens is 192 g/mol. The van der Waals surface area contributed by atoms with E-state index in [-0.39, 0.29) is 12.0 Å². The first kappa shape index (κ1) is 11.7. The molecule has 0 saturated carbocycles. The number of aromatic nitrogens is 1. The zero-order valence-corrected chi connectivity index (χ0v) is 9.23. The van der Waals surface area contributed by atoms with Gasteiger partial charge in [0.15, 0.2) is 6.29 Å². The molecule has 1 heterocycles. The fraction of sp³-hybridized carbons (Fsp3) is 0.455. The van der Waals surface area contributed by atoms with Gasteiger partial charge in [-0.15, -0.1) is 0 Å². The third kappa shape index (κ3) is 2.53. The number of hydrogen-bond acceptors (Lipinski definition) is 4. The molecule has 0 aliphatic carbocycles. The third-order valence-corrected chi connectivity index (χ3v) is 2.28. The lowest BCUT2D eigenvalue weighted by atomic mass is 10.0. The van der Waals surface area contributed by atoms with E-state index in [0.29, 0.717) is 23.4 Å². The SMILES string of the molecule is COc1ccc(C=O)nc1[C@@H](N)C(C)C. The summed E-state index contributed by atoms with van der Waals surface area (Å²) in [4.78, 5) is 14.8. The Morgan fingerprint density at radius 3 is 2.60 bits per heavy atom. The summed E-state index contributed by atoms with van der Waals surface area (Å²) in [6.45, 7) is 4.00. The number of aldehydes is 1. The van der Waals surface area contributed by atoms with Crippen molar-refractivity contribution in [2.45, 2.75) is 19.9 Å². The number of carbonyl (C=O) groups excluding carboxylic acids is 1. The molecule has 1 aromatic heterocycles. The summed E-state index contributed by atoms with van der Waals surface area (Å²) in [5.41, 5.74) is 6.99. The first-order valence-corrected chi connectivity index (χ1v) is 4.85. The molecule has 4 heteroatoms. The minimum atomic E-state index is -0.222. The van der Waals surface area contributed by atoms with Crippen molar-refractivity contribution < 1.29 is 9.53 Å². The van der Waals surface area contributed by atoms with Gasteiger partial charge in [0.25, 0.3) is 0 Å². The van der Waals surface area contributed by atoms with Gasteiger partial charge in [-0.3, -0.25) is 4.79 Å². The van der Waals surface area contributed by atoms with Crippen molar-refractivity contribution in [2.75, 3.05) is 7.11 Å². The molecule has 0 aliphatic rings. The van der Waals surface area contributed by atoms with Crippen LogP contribution in [0.2, 0.25) is 0 Å². The van der Waals surface area contributed by atoms with Gasteiger partial charge in [-0.1, -0.05) is 13.8 Å². The van der Waals surface area contributed by atoms with Crippen LogP contribution >= 0.6 is 0 Å². The van der Waals surface area contributed by atoms with E-state index in [4.69, 9.17) is 10.5 Å². The second-order valence-electron chi connectivity index (χ2n) is 3.71. The van der Waals surface area contributed by atoms with Crippen LogP contribution in [0.1, 0.15) is 36.1 Å². The Bertz CT molecular complexity index is 350. The van der Waals surface area contributed by atoms with Crippen LogP contribution in [0, 0.1) is 5.92 Å². The molecule has 2 N–H and O–H groups in total. The third-order valence-electron chi connectivity index (χ3n) is 2.28. The summed E-state index contributed by atoms with van der Waals surface area (Å²) in [5, 5.41) is 0. The molecule has 15 heavy (non-hydrogen) atoms. The summed E-state index contributed by atoms with van der Waals surface area (Å²) < 4.78 is 5.16. The number of nitrogens with two attached hydrogens (primary N) is 1. The molecule has 1 rings (SSSR count). The smallest absolute Gasteiger partial charge is 0.168 e. The molecule has 0 amide bonds. The molecule has 4 nitrogen and oxygen atoms in total. The number of ether oxygens (including phenoxy) is 1. The first-order valence-electron chi connectivity index (χ1n) is 4.85. The van der Waals surface area contributed by atoms with Crippen molar-refractivity contribution in [1.82, 2.24) is 4.98 Å². The minimum Gasteiger partial charge on any atom is -0.495 e. The highest BCUT2D eigenvalue weighted by molar-refractivity contribution is 5.72. The Labute approximate surface area is 89.5 Å². The molecule has 0 aliphatic heterocycles. The van der Waals surface area contributed by atoms with Crippen LogP contribution in [0.25, 0.3) is 0 Å². The van der Waals surface area contributed by atoms with E-state index in [1.165, 1.54) is 0 Å². The van der Waals surface area contributed by atoms with Crippen molar-refractivity contribution in [3.05, 3.63) is 23.5 Å². The van der Waals surface area contributed by atoms with E-state index in [2.05, 4.69) is 4.98 Å². The largest absolute Gasteiger partial charge is 0.495 e. The highest BCUT2D eigenvalue weighted by atomic mass is 16.5. The van der Waals surface area contributed by atoms with E-state index in [0.717, 1.165) is 0 Å². The molecule has 0 fully saturated rings. The van der Waals surface area contributed by atoms with Crippen LogP contribution in [0.15, 0.2) is 12.1 Å².